The molecule has 0 aliphatic carbocycles. The van der Waals surface area contributed by atoms with Crippen LogP contribution < -0.4 is 15.2 Å². The van der Waals surface area contributed by atoms with Gasteiger partial charge in [0.05, 0.1) is 28.1 Å². The first-order valence-electron chi connectivity index (χ1n) is 9.01. The summed E-state index contributed by atoms with van der Waals surface area (Å²) in [4.78, 5) is 11.8. The fourth-order valence-electron chi connectivity index (χ4n) is 3.33. The number of halogens is 2. The van der Waals surface area contributed by atoms with Crippen molar-refractivity contribution < 1.29 is 18.7 Å². The van der Waals surface area contributed by atoms with Crippen molar-refractivity contribution in [3.8, 4) is 33.8 Å². The topological polar surface area (TPSA) is 74.7 Å². The first-order valence-corrected chi connectivity index (χ1v) is 9.77. The van der Waals surface area contributed by atoms with E-state index in [1.165, 1.54) is 6.92 Å². The molecule has 152 valence electrons. The lowest BCUT2D eigenvalue weighted by Crippen LogP contribution is -2.02. The molecule has 5 nitrogen and oxygen atoms in total. The van der Waals surface area contributed by atoms with E-state index < -0.39 is 5.97 Å². The number of furan rings is 1. The maximum Gasteiger partial charge on any atom is 0.308 e. The summed E-state index contributed by atoms with van der Waals surface area (Å²) >= 11 is 12.2. The molecule has 0 atom stereocenters. The van der Waals surface area contributed by atoms with Crippen LogP contribution in [0.4, 0.5) is 5.88 Å². The third-order valence-corrected chi connectivity index (χ3v) is 5.41. The van der Waals surface area contributed by atoms with Gasteiger partial charge in [0.2, 0.25) is 0 Å². The molecule has 0 radical (unpaired) electrons. The van der Waals surface area contributed by atoms with Gasteiger partial charge in [0.15, 0.2) is 5.88 Å². The zero-order chi connectivity index (χ0) is 21.4. The molecule has 0 bridgehead atoms. The summed E-state index contributed by atoms with van der Waals surface area (Å²) in [5.74, 6) is 0.809. The van der Waals surface area contributed by atoms with E-state index in [1.54, 1.807) is 31.4 Å². The lowest BCUT2D eigenvalue weighted by molar-refractivity contribution is -0.131. The number of ether oxygens (including phenoxy) is 2. The van der Waals surface area contributed by atoms with Gasteiger partial charge >= 0.3 is 5.97 Å². The number of fused-ring (bicyclic) bond motifs is 1. The van der Waals surface area contributed by atoms with Gasteiger partial charge in [0.1, 0.15) is 17.1 Å². The quantitative estimate of drug-likeness (QED) is 0.285. The highest BCUT2D eigenvalue weighted by Gasteiger charge is 2.21. The van der Waals surface area contributed by atoms with E-state index in [4.69, 9.17) is 42.8 Å². The summed E-state index contributed by atoms with van der Waals surface area (Å²) in [5.41, 5.74) is 9.67. The molecule has 0 aliphatic heterocycles. The van der Waals surface area contributed by atoms with E-state index in [2.05, 4.69) is 0 Å². The van der Waals surface area contributed by atoms with Crippen LogP contribution in [0, 0.1) is 0 Å². The Bertz CT molecular complexity index is 1260. The molecule has 0 unspecified atom stereocenters. The molecule has 3 aromatic carbocycles. The molecule has 0 aliphatic rings. The molecule has 4 aromatic rings. The molecule has 1 aromatic heterocycles. The van der Waals surface area contributed by atoms with Gasteiger partial charge in [-0.3, -0.25) is 4.79 Å². The maximum absolute atomic E-state index is 11.8. The lowest BCUT2D eigenvalue weighted by Gasteiger charge is -2.10. The number of benzene rings is 3. The normalized spacial score (nSPS) is 10.9. The third-order valence-electron chi connectivity index (χ3n) is 4.67. The number of anilines is 1. The first kappa shape index (κ1) is 20.1. The first-order chi connectivity index (χ1) is 14.4. The zero-order valence-electron chi connectivity index (χ0n) is 16.2. The second kappa shape index (κ2) is 7.94. The van der Waals surface area contributed by atoms with Crippen molar-refractivity contribution in [2.24, 2.45) is 0 Å². The summed E-state index contributed by atoms with van der Waals surface area (Å²) in [6, 6.07) is 16.3. The minimum absolute atomic E-state index is 0.184. The molecule has 2 N–H and O–H groups in total. The number of hydrogen-bond donors (Lipinski definition) is 1. The van der Waals surface area contributed by atoms with Gasteiger partial charge in [0, 0.05) is 6.92 Å². The summed E-state index contributed by atoms with van der Waals surface area (Å²) in [7, 11) is 1.61. The van der Waals surface area contributed by atoms with Crippen molar-refractivity contribution in [2.45, 2.75) is 6.92 Å². The van der Waals surface area contributed by atoms with Crippen LogP contribution in [0.15, 0.2) is 59.0 Å². The standard InChI is InChI=1S/C23H17Cl2NO4/c1-12(27)29-19-10-15(13-3-6-16(28-2)7-4-13)11-20-22(19)21(23(26)30-20)14-5-8-17(24)18(25)9-14/h3-11H,26H2,1-2H3. The predicted molar refractivity (Wildman–Crippen MR) is 119 cm³/mol. The second-order valence-corrected chi connectivity index (χ2v) is 7.45. The van der Waals surface area contributed by atoms with Gasteiger partial charge in [-0.15, -0.1) is 0 Å². The highest BCUT2D eigenvalue weighted by atomic mass is 35.5. The number of carbonyl (C=O) groups excluding carboxylic acids is 1. The molecule has 0 saturated heterocycles. The largest absolute Gasteiger partial charge is 0.497 e. The van der Waals surface area contributed by atoms with Crippen molar-refractivity contribution in [1.82, 2.24) is 0 Å². The van der Waals surface area contributed by atoms with E-state index in [0.717, 1.165) is 16.9 Å². The zero-order valence-corrected chi connectivity index (χ0v) is 17.7. The van der Waals surface area contributed by atoms with Crippen LogP contribution in [0.25, 0.3) is 33.2 Å². The Morgan fingerprint density at radius 3 is 2.27 bits per heavy atom. The average Bonchev–Trinajstić information content (AvgIpc) is 3.06. The Morgan fingerprint density at radius 2 is 1.63 bits per heavy atom. The van der Waals surface area contributed by atoms with Crippen LogP contribution in [0.3, 0.4) is 0 Å². The maximum atomic E-state index is 11.8. The molecular weight excluding hydrogens is 425 g/mol. The Morgan fingerprint density at radius 1 is 0.933 bits per heavy atom. The van der Waals surface area contributed by atoms with E-state index in [0.29, 0.717) is 37.9 Å². The monoisotopic (exact) mass is 441 g/mol. The van der Waals surface area contributed by atoms with E-state index >= 15 is 0 Å². The highest BCUT2D eigenvalue weighted by molar-refractivity contribution is 6.42. The van der Waals surface area contributed by atoms with E-state index in [9.17, 15) is 4.79 Å². The Kier molecular flexibility index (Phi) is 5.33. The fourth-order valence-corrected chi connectivity index (χ4v) is 3.63. The second-order valence-electron chi connectivity index (χ2n) is 6.64. The van der Waals surface area contributed by atoms with Crippen molar-refractivity contribution in [2.75, 3.05) is 12.8 Å². The van der Waals surface area contributed by atoms with Gasteiger partial charge in [0.25, 0.3) is 0 Å². The van der Waals surface area contributed by atoms with Gasteiger partial charge in [-0.2, -0.15) is 0 Å². The summed E-state index contributed by atoms with van der Waals surface area (Å²) in [5, 5.41) is 1.39. The van der Waals surface area contributed by atoms with E-state index in [1.807, 2.05) is 30.3 Å². The Balaban J connectivity index is 1.95. The number of esters is 1. The van der Waals surface area contributed by atoms with Crippen LogP contribution in [0.5, 0.6) is 11.5 Å². The number of nitrogens with two attached hydrogens (primary N) is 1. The molecule has 0 fully saturated rings. The number of rotatable bonds is 4. The molecule has 4 rings (SSSR count). The summed E-state index contributed by atoms with van der Waals surface area (Å²) < 4.78 is 16.6. The van der Waals surface area contributed by atoms with Crippen LogP contribution in [-0.2, 0) is 4.79 Å². The van der Waals surface area contributed by atoms with Crippen LogP contribution in [-0.4, -0.2) is 13.1 Å². The van der Waals surface area contributed by atoms with E-state index in [-0.39, 0.29) is 5.88 Å². The average molecular weight is 442 g/mol. The number of methoxy groups -OCH3 is 1. The lowest BCUT2D eigenvalue weighted by atomic mass is 9.99. The minimum Gasteiger partial charge on any atom is -0.497 e. The number of hydrogen-bond acceptors (Lipinski definition) is 5. The van der Waals surface area contributed by atoms with Gasteiger partial charge in [-0.1, -0.05) is 41.4 Å². The molecule has 1 heterocycles. The molecule has 0 saturated carbocycles. The van der Waals surface area contributed by atoms with Gasteiger partial charge < -0.3 is 19.6 Å². The predicted octanol–water partition coefficient (Wildman–Crippen LogP) is 6.59. The Hall–Kier alpha value is -3.15. The minimum atomic E-state index is -0.456. The van der Waals surface area contributed by atoms with Crippen molar-refractivity contribution in [1.29, 1.82) is 0 Å². The van der Waals surface area contributed by atoms with Crippen molar-refractivity contribution >= 4 is 46.0 Å². The van der Waals surface area contributed by atoms with Gasteiger partial charge in [-0.05, 0) is 53.1 Å². The third kappa shape index (κ3) is 3.70. The van der Waals surface area contributed by atoms with Gasteiger partial charge in [-0.25, -0.2) is 0 Å². The van der Waals surface area contributed by atoms with Crippen LogP contribution >= 0.6 is 23.2 Å². The number of carbonyl (C=O) groups is 1. The highest BCUT2D eigenvalue weighted by Crippen LogP contribution is 2.45. The molecule has 7 heteroatoms. The smallest absolute Gasteiger partial charge is 0.308 e. The Labute approximate surface area is 182 Å². The molecule has 0 amide bonds. The summed E-state index contributed by atoms with van der Waals surface area (Å²) in [6.07, 6.45) is 0. The van der Waals surface area contributed by atoms with Crippen LogP contribution in [0.2, 0.25) is 10.0 Å². The number of nitrogen functional groups attached to an aromatic ring is 1. The molecule has 30 heavy (non-hydrogen) atoms. The summed E-state index contributed by atoms with van der Waals surface area (Å²) in [6.45, 7) is 1.34. The van der Waals surface area contributed by atoms with Crippen LogP contribution in [0.1, 0.15) is 6.92 Å². The SMILES string of the molecule is COc1ccc(-c2cc(OC(C)=O)c3c(-c4ccc(Cl)c(Cl)c4)c(N)oc3c2)cc1. The fraction of sp³-hybridized carbons (Fsp3) is 0.0870. The molecular formula is C23H17Cl2NO4. The van der Waals surface area contributed by atoms with Crippen molar-refractivity contribution in [3.05, 3.63) is 64.6 Å². The van der Waals surface area contributed by atoms with Crippen molar-refractivity contribution in [3.63, 3.8) is 0 Å². The molecule has 0 spiro atoms.